The highest BCUT2D eigenvalue weighted by Gasteiger charge is 2.54. The van der Waals surface area contributed by atoms with Crippen LogP contribution in [0.4, 0.5) is 39.9 Å². The molecular formula is C79H72N4OSi. The summed E-state index contributed by atoms with van der Waals surface area (Å²) in [6, 6.07) is 72.4. The first-order chi connectivity index (χ1) is 43.0. The molecule has 10 aromatic carbocycles. The molecule has 0 unspecified atom stereocenters. The molecule has 1 spiro atoms. The molecule has 418 valence electrons. The number of hydrogen-bond donors (Lipinski definition) is 0. The predicted molar refractivity (Wildman–Crippen MR) is 361 cm³/mol. The number of para-hydroxylation sites is 4. The second-order valence-corrected chi connectivity index (χ2v) is 29.8. The lowest BCUT2D eigenvalue weighted by atomic mass is 9.78. The summed E-state index contributed by atoms with van der Waals surface area (Å²) < 4.78 is 52.2. The zero-order valence-electron chi connectivity index (χ0n) is 55.1. The van der Waals surface area contributed by atoms with Gasteiger partial charge >= 0.3 is 0 Å². The Morgan fingerprint density at radius 3 is 1.60 bits per heavy atom. The van der Waals surface area contributed by atoms with Crippen LogP contribution in [0.1, 0.15) is 91.4 Å². The van der Waals surface area contributed by atoms with Crippen LogP contribution in [-0.2, 0) is 16.2 Å². The minimum Gasteiger partial charge on any atom is -0.457 e. The number of hydrogen-bond acceptors (Lipinski definition) is 5. The molecule has 14 rings (SSSR count). The van der Waals surface area contributed by atoms with E-state index in [-0.39, 0.29) is 46.0 Å². The fourth-order valence-electron chi connectivity index (χ4n) is 13.3. The Kier molecular flexibility index (Phi) is 11.5. The van der Waals surface area contributed by atoms with E-state index in [9.17, 15) is 2.74 Å². The Morgan fingerprint density at radius 2 is 0.965 bits per heavy atom. The Balaban J connectivity index is 0.895. The Hall–Kier alpha value is -9.23. The van der Waals surface area contributed by atoms with E-state index in [0.29, 0.717) is 23.7 Å². The van der Waals surface area contributed by atoms with Crippen LogP contribution in [0, 0.1) is 6.92 Å². The van der Waals surface area contributed by atoms with Crippen LogP contribution in [-0.4, -0.2) is 19.7 Å². The monoisotopic (exact) mass is 1130 g/mol. The molecular weight excluding hydrogens is 1050 g/mol. The largest absolute Gasteiger partial charge is 0.457 e. The summed E-state index contributed by atoms with van der Waals surface area (Å²) in [4.78, 5) is 12.2. The first-order valence-electron chi connectivity index (χ1n) is 32.1. The topological polar surface area (TPSA) is 31.8 Å². The van der Waals surface area contributed by atoms with Gasteiger partial charge in [0.1, 0.15) is 24.0 Å². The van der Waals surface area contributed by atoms with Crippen LogP contribution < -0.4 is 40.2 Å². The van der Waals surface area contributed by atoms with E-state index in [0.717, 1.165) is 67.8 Å². The van der Waals surface area contributed by atoms with Crippen molar-refractivity contribution in [2.24, 2.45) is 0 Å². The van der Waals surface area contributed by atoms with Crippen molar-refractivity contribution in [3.8, 4) is 56.0 Å². The smallest absolute Gasteiger partial charge is 0.185 e. The molecule has 0 saturated heterocycles. The predicted octanol–water partition coefficient (Wildman–Crippen LogP) is 18.5. The van der Waals surface area contributed by atoms with E-state index in [1.165, 1.54) is 48.6 Å². The molecule has 3 aliphatic heterocycles. The first kappa shape index (κ1) is 48.2. The Morgan fingerprint density at radius 1 is 0.424 bits per heavy atom. The van der Waals surface area contributed by atoms with Crippen LogP contribution in [0.2, 0.25) is 0 Å². The maximum atomic E-state index is 9.37. The standard InChI is InChI=1S/C79H72N4OSi/c1-52-44-75(80-50-66(52)54-38-40-56(41-39-54)77(2,3)4)83-69-34-18-21-37-73(69)85(71-35-19-14-28-64(71)65-29-15-20-36-72(65)85)74-43-42-61(49-70(74)83)84-60-27-22-26-59(48-60)81-51-82(68-33-17-16-32-67(68)81)76-62(53-24-12-11-13-25-53)30-23-31-63(76)55-45-57(78(5,6)7)47-58(46-55)79(8,9)10/h11-50H,51H2,1-10H3/i11D,12D,13D,24D,25D. The van der Waals surface area contributed by atoms with Crippen LogP contribution in [0.5, 0.6) is 11.5 Å². The number of pyridine rings is 1. The molecule has 85 heavy (non-hydrogen) atoms. The summed E-state index contributed by atoms with van der Waals surface area (Å²) >= 11 is 0. The highest BCUT2D eigenvalue weighted by molar-refractivity contribution is 7.23. The van der Waals surface area contributed by atoms with E-state index in [4.69, 9.17) is 13.8 Å². The third kappa shape index (κ3) is 9.08. The van der Waals surface area contributed by atoms with Crippen molar-refractivity contribution in [2.45, 2.75) is 85.5 Å². The van der Waals surface area contributed by atoms with Crippen LogP contribution in [0.3, 0.4) is 0 Å². The van der Waals surface area contributed by atoms with Crippen molar-refractivity contribution >= 4 is 68.8 Å². The molecule has 5 nitrogen and oxygen atoms in total. The maximum absolute atomic E-state index is 9.37. The van der Waals surface area contributed by atoms with Gasteiger partial charge < -0.3 is 14.5 Å². The molecule has 1 aromatic heterocycles. The minimum absolute atomic E-state index is 0.0420. The molecule has 4 heterocycles. The van der Waals surface area contributed by atoms with Crippen molar-refractivity contribution in [1.29, 1.82) is 0 Å². The highest BCUT2D eigenvalue weighted by atomic mass is 28.3. The second-order valence-electron chi connectivity index (χ2n) is 26.1. The molecule has 6 heteroatoms. The summed E-state index contributed by atoms with van der Waals surface area (Å²) in [6.45, 7) is 22.6. The van der Waals surface area contributed by atoms with Crippen molar-refractivity contribution in [2.75, 3.05) is 21.4 Å². The number of rotatable bonds is 8. The summed E-state index contributed by atoms with van der Waals surface area (Å²) in [6.07, 6.45) is 2.03. The number of nitrogens with zero attached hydrogens (tertiary/aromatic N) is 4. The van der Waals surface area contributed by atoms with Crippen molar-refractivity contribution in [3.63, 3.8) is 0 Å². The fourth-order valence-corrected chi connectivity index (χ4v) is 18.8. The summed E-state index contributed by atoms with van der Waals surface area (Å²) in [5.74, 6) is 2.15. The average molecular weight is 1130 g/mol. The number of aromatic nitrogens is 1. The van der Waals surface area contributed by atoms with Gasteiger partial charge in [0.05, 0.1) is 29.6 Å². The normalized spacial score (nSPS) is 14.8. The highest BCUT2D eigenvalue weighted by Crippen LogP contribution is 2.52. The number of fused-ring (bicyclic) bond motifs is 10. The van der Waals surface area contributed by atoms with Crippen LogP contribution >= 0.6 is 0 Å². The van der Waals surface area contributed by atoms with E-state index < -0.39 is 14.1 Å². The number of anilines is 7. The molecule has 0 aliphatic carbocycles. The molecule has 0 fully saturated rings. The van der Waals surface area contributed by atoms with E-state index in [1.54, 1.807) is 0 Å². The average Bonchev–Trinajstić information content (AvgIpc) is 1.43. The quantitative estimate of drug-likeness (QED) is 0.142. The number of aryl methyl sites for hydroxylation is 1. The lowest BCUT2D eigenvalue weighted by Gasteiger charge is -2.43. The molecule has 0 N–H and O–H groups in total. The zero-order valence-corrected chi connectivity index (χ0v) is 51.1. The molecule has 0 amide bonds. The fraction of sp³-hybridized carbons (Fsp3) is 0.177. The van der Waals surface area contributed by atoms with Gasteiger partial charge in [-0.15, -0.1) is 0 Å². The second kappa shape index (κ2) is 20.2. The van der Waals surface area contributed by atoms with Gasteiger partial charge in [-0.25, -0.2) is 4.98 Å². The summed E-state index contributed by atoms with van der Waals surface area (Å²) in [5.41, 5.74) is 17.4. The van der Waals surface area contributed by atoms with Crippen LogP contribution in [0.25, 0.3) is 44.5 Å². The van der Waals surface area contributed by atoms with Gasteiger partial charge in [0.2, 0.25) is 0 Å². The van der Waals surface area contributed by atoms with Crippen molar-refractivity contribution < 1.29 is 11.6 Å². The van der Waals surface area contributed by atoms with Gasteiger partial charge in [-0.1, -0.05) is 244 Å². The van der Waals surface area contributed by atoms with Gasteiger partial charge in [-0.05, 0) is 136 Å². The molecule has 3 aliphatic rings. The van der Waals surface area contributed by atoms with Gasteiger partial charge in [0.15, 0.2) is 8.07 Å². The molecule has 0 saturated carbocycles. The molecule has 0 bridgehead atoms. The third-order valence-electron chi connectivity index (χ3n) is 17.7. The van der Waals surface area contributed by atoms with Gasteiger partial charge in [-0.2, -0.15) is 0 Å². The SMILES string of the molecule is [2H]c1c([2H])c([2H])c(-c2cccc(-c3cc(C(C)(C)C)cc(C(C)(C)C)c3)c2N2CN(c3cccc(Oc4ccc5c(c4)N(c4cc(C)c(-c6ccc(C(C)(C)C)cc6)cn4)c4ccccc4[Si]54c5ccccc5-c5ccccc54)c3)c3ccccc32)c([2H])c1[2H]. The lowest BCUT2D eigenvalue weighted by Crippen LogP contribution is -2.75. The van der Waals surface area contributed by atoms with E-state index in [1.807, 2.05) is 42.6 Å². The van der Waals surface area contributed by atoms with E-state index in [2.05, 4.69) is 254 Å². The molecule has 0 radical (unpaired) electrons. The van der Waals surface area contributed by atoms with Gasteiger partial charge in [0.25, 0.3) is 0 Å². The maximum Gasteiger partial charge on any atom is 0.185 e. The molecule has 0 atom stereocenters. The van der Waals surface area contributed by atoms with Gasteiger partial charge in [0, 0.05) is 46.4 Å². The molecule has 11 aromatic rings. The van der Waals surface area contributed by atoms with Crippen molar-refractivity contribution in [3.05, 3.63) is 265 Å². The summed E-state index contributed by atoms with van der Waals surface area (Å²) in [5, 5.41) is 5.32. The van der Waals surface area contributed by atoms with E-state index >= 15 is 0 Å². The zero-order chi connectivity index (χ0) is 62.9. The van der Waals surface area contributed by atoms with Gasteiger partial charge in [-0.3, -0.25) is 4.90 Å². The number of benzene rings is 10. The Labute approximate surface area is 510 Å². The minimum atomic E-state index is -2.96. The lowest BCUT2D eigenvalue weighted by molar-refractivity contribution is 0.483. The Bertz CT molecular complexity index is 4620. The van der Waals surface area contributed by atoms with Crippen molar-refractivity contribution in [1.82, 2.24) is 4.98 Å². The first-order valence-corrected chi connectivity index (χ1v) is 31.6. The summed E-state index contributed by atoms with van der Waals surface area (Å²) in [7, 11) is -2.96. The third-order valence-corrected chi connectivity index (χ3v) is 22.6. The van der Waals surface area contributed by atoms with Crippen LogP contribution in [0.15, 0.2) is 243 Å². The number of ether oxygens (including phenoxy) is 1.